The molecule has 0 N–H and O–H groups in total. The monoisotopic (exact) mass is 219 g/mol. The van der Waals surface area contributed by atoms with Gasteiger partial charge >= 0.3 is 0 Å². The van der Waals surface area contributed by atoms with Crippen LogP contribution in [0.3, 0.4) is 0 Å². The van der Waals surface area contributed by atoms with Crippen LogP contribution in [0.1, 0.15) is 71.1 Å². The summed E-state index contributed by atoms with van der Waals surface area (Å²) >= 11 is 0. The van der Waals surface area contributed by atoms with Gasteiger partial charge in [0.15, 0.2) is 0 Å². The predicted octanol–water partition coefficient (Wildman–Crippen LogP) is 4.67. The van der Waals surface area contributed by atoms with Gasteiger partial charge in [-0.1, -0.05) is 32.3 Å². The van der Waals surface area contributed by atoms with Crippen LogP contribution >= 0.6 is 0 Å². The largest absolute Gasteiger partial charge is 0.286 e. The molecule has 1 heteroatoms. The van der Waals surface area contributed by atoms with Crippen LogP contribution in [-0.2, 0) is 0 Å². The quantitative estimate of drug-likeness (QED) is 0.612. The SMILES string of the molecule is CCC(=NC1CCCCC1)C1=CCCCC1. The number of hydrogen-bond acceptors (Lipinski definition) is 1. The summed E-state index contributed by atoms with van der Waals surface area (Å²) in [6, 6.07) is 0.645. The minimum Gasteiger partial charge on any atom is -0.286 e. The van der Waals surface area contributed by atoms with E-state index >= 15 is 0 Å². The zero-order chi connectivity index (χ0) is 11.2. The van der Waals surface area contributed by atoms with E-state index in [9.17, 15) is 0 Å². The average molecular weight is 219 g/mol. The first kappa shape index (κ1) is 11.9. The molecule has 2 aliphatic rings. The molecule has 2 aliphatic carbocycles. The summed E-state index contributed by atoms with van der Waals surface area (Å²) in [5.41, 5.74) is 2.99. The Morgan fingerprint density at radius 1 is 1.19 bits per heavy atom. The maximum Gasteiger partial charge on any atom is 0.0503 e. The fourth-order valence-corrected chi connectivity index (χ4v) is 2.93. The van der Waals surface area contributed by atoms with Crippen LogP contribution in [0, 0.1) is 0 Å². The number of nitrogens with zero attached hydrogens (tertiary/aromatic N) is 1. The van der Waals surface area contributed by atoms with Crippen LogP contribution < -0.4 is 0 Å². The molecule has 0 unspecified atom stereocenters. The normalized spacial score (nSPS) is 24.3. The smallest absolute Gasteiger partial charge is 0.0503 e. The third kappa shape index (κ3) is 3.20. The first-order valence-corrected chi connectivity index (χ1v) is 7.16. The van der Waals surface area contributed by atoms with Crippen molar-refractivity contribution in [1.29, 1.82) is 0 Å². The molecule has 16 heavy (non-hydrogen) atoms. The molecule has 90 valence electrons. The van der Waals surface area contributed by atoms with Crippen LogP contribution in [0.15, 0.2) is 16.6 Å². The standard InChI is InChI=1S/C15H25N/c1-2-15(13-9-5-3-6-10-13)16-14-11-7-4-8-12-14/h9,14H,2-8,10-12H2,1H3. The lowest BCUT2D eigenvalue weighted by molar-refractivity contribution is 0.443. The van der Waals surface area contributed by atoms with E-state index in [0.29, 0.717) is 6.04 Å². The number of allylic oxidation sites excluding steroid dienone is 2. The lowest BCUT2D eigenvalue weighted by atomic mass is 9.92. The summed E-state index contributed by atoms with van der Waals surface area (Å²) in [5.74, 6) is 0. The maximum atomic E-state index is 5.03. The third-order valence-corrected chi connectivity index (χ3v) is 3.91. The zero-order valence-corrected chi connectivity index (χ0v) is 10.7. The van der Waals surface area contributed by atoms with E-state index in [-0.39, 0.29) is 0 Å². The van der Waals surface area contributed by atoms with Crippen molar-refractivity contribution < 1.29 is 0 Å². The van der Waals surface area contributed by atoms with Gasteiger partial charge in [0.25, 0.3) is 0 Å². The van der Waals surface area contributed by atoms with E-state index in [4.69, 9.17) is 4.99 Å². The highest BCUT2D eigenvalue weighted by molar-refractivity contribution is 6.00. The molecule has 0 atom stereocenters. The predicted molar refractivity (Wildman–Crippen MR) is 71.2 cm³/mol. The van der Waals surface area contributed by atoms with Crippen molar-refractivity contribution >= 4 is 5.71 Å². The molecule has 0 aliphatic heterocycles. The Kier molecular flexibility index (Phi) is 4.62. The van der Waals surface area contributed by atoms with Gasteiger partial charge in [-0.15, -0.1) is 0 Å². The molecule has 0 amide bonds. The fraction of sp³-hybridized carbons (Fsp3) is 0.800. The Morgan fingerprint density at radius 2 is 2.00 bits per heavy atom. The minimum atomic E-state index is 0.645. The molecule has 0 bridgehead atoms. The molecular formula is C15H25N. The van der Waals surface area contributed by atoms with Crippen molar-refractivity contribution in [2.75, 3.05) is 0 Å². The molecule has 0 aromatic rings. The van der Waals surface area contributed by atoms with E-state index in [1.165, 1.54) is 63.5 Å². The lowest BCUT2D eigenvalue weighted by Gasteiger charge is -2.21. The molecule has 0 radical (unpaired) electrons. The van der Waals surface area contributed by atoms with Crippen molar-refractivity contribution in [3.63, 3.8) is 0 Å². The summed E-state index contributed by atoms with van der Waals surface area (Å²) < 4.78 is 0. The van der Waals surface area contributed by atoms with Crippen molar-refractivity contribution in [2.24, 2.45) is 4.99 Å². The summed E-state index contributed by atoms with van der Waals surface area (Å²) in [6.45, 7) is 2.26. The van der Waals surface area contributed by atoms with Gasteiger partial charge in [-0.05, 0) is 50.5 Å². The zero-order valence-electron chi connectivity index (χ0n) is 10.7. The second kappa shape index (κ2) is 6.22. The maximum absolute atomic E-state index is 5.03. The fourth-order valence-electron chi connectivity index (χ4n) is 2.93. The number of rotatable bonds is 3. The molecular weight excluding hydrogens is 194 g/mol. The second-order valence-electron chi connectivity index (χ2n) is 5.20. The van der Waals surface area contributed by atoms with Gasteiger partial charge in [0.05, 0.1) is 6.04 Å². The topological polar surface area (TPSA) is 12.4 Å². The van der Waals surface area contributed by atoms with E-state index in [1.807, 2.05) is 0 Å². The van der Waals surface area contributed by atoms with E-state index in [1.54, 1.807) is 5.57 Å². The van der Waals surface area contributed by atoms with Gasteiger partial charge < -0.3 is 0 Å². The number of hydrogen-bond donors (Lipinski definition) is 0. The highest BCUT2D eigenvalue weighted by Crippen LogP contribution is 2.24. The summed E-state index contributed by atoms with van der Waals surface area (Å²) in [7, 11) is 0. The second-order valence-corrected chi connectivity index (χ2v) is 5.20. The van der Waals surface area contributed by atoms with Gasteiger partial charge in [0.1, 0.15) is 0 Å². The third-order valence-electron chi connectivity index (χ3n) is 3.91. The van der Waals surface area contributed by atoms with Crippen molar-refractivity contribution in [3.05, 3.63) is 11.6 Å². The van der Waals surface area contributed by atoms with Gasteiger partial charge in [-0.2, -0.15) is 0 Å². The minimum absolute atomic E-state index is 0.645. The van der Waals surface area contributed by atoms with Gasteiger partial charge in [-0.25, -0.2) is 0 Å². The van der Waals surface area contributed by atoms with Gasteiger partial charge in [0.2, 0.25) is 0 Å². The Bertz CT molecular complexity index is 269. The van der Waals surface area contributed by atoms with Gasteiger partial charge in [0, 0.05) is 5.71 Å². The van der Waals surface area contributed by atoms with Crippen molar-refractivity contribution in [3.8, 4) is 0 Å². The molecule has 0 heterocycles. The van der Waals surface area contributed by atoms with Crippen LogP contribution in [-0.4, -0.2) is 11.8 Å². The van der Waals surface area contributed by atoms with Crippen LogP contribution in [0.5, 0.6) is 0 Å². The average Bonchev–Trinajstić information content (AvgIpc) is 2.38. The molecule has 0 aromatic carbocycles. The van der Waals surface area contributed by atoms with Crippen LogP contribution in [0.2, 0.25) is 0 Å². The first-order valence-electron chi connectivity index (χ1n) is 7.16. The molecule has 0 saturated heterocycles. The molecule has 1 saturated carbocycles. The lowest BCUT2D eigenvalue weighted by Crippen LogP contribution is -2.14. The van der Waals surface area contributed by atoms with E-state index in [0.717, 1.165) is 6.42 Å². The molecule has 0 aromatic heterocycles. The number of aliphatic imine (C=N–C) groups is 1. The molecule has 2 rings (SSSR count). The molecule has 1 fully saturated rings. The Morgan fingerprint density at radius 3 is 2.62 bits per heavy atom. The summed E-state index contributed by atoms with van der Waals surface area (Å²) in [4.78, 5) is 5.03. The highest BCUT2D eigenvalue weighted by atomic mass is 14.8. The Labute approximate surface area is 100 Å². The van der Waals surface area contributed by atoms with Crippen LogP contribution in [0.4, 0.5) is 0 Å². The highest BCUT2D eigenvalue weighted by Gasteiger charge is 2.15. The van der Waals surface area contributed by atoms with Crippen LogP contribution in [0.25, 0.3) is 0 Å². The van der Waals surface area contributed by atoms with E-state index in [2.05, 4.69) is 13.0 Å². The summed E-state index contributed by atoms with van der Waals surface area (Å²) in [5, 5.41) is 0. The molecule has 0 spiro atoms. The Hall–Kier alpha value is -0.590. The summed E-state index contributed by atoms with van der Waals surface area (Å²) in [6.07, 6.45) is 15.7. The van der Waals surface area contributed by atoms with E-state index < -0.39 is 0 Å². The Balaban J connectivity index is 2.01. The molecule has 1 nitrogen and oxygen atoms in total. The first-order chi connectivity index (χ1) is 7.90. The van der Waals surface area contributed by atoms with Gasteiger partial charge in [-0.3, -0.25) is 4.99 Å². The van der Waals surface area contributed by atoms with Crippen molar-refractivity contribution in [1.82, 2.24) is 0 Å². The van der Waals surface area contributed by atoms with Crippen molar-refractivity contribution in [2.45, 2.75) is 77.2 Å².